The fraction of sp³-hybridized carbons (Fsp3) is 0.333. The van der Waals surface area contributed by atoms with Crippen molar-refractivity contribution >= 4 is 11.6 Å². The van der Waals surface area contributed by atoms with Gasteiger partial charge in [-0.1, -0.05) is 46.1 Å². The predicted molar refractivity (Wildman–Crippen MR) is 69.7 cm³/mol. The van der Waals surface area contributed by atoms with Gasteiger partial charge >= 0.3 is 0 Å². The molecule has 0 aliphatic heterocycles. The Morgan fingerprint density at radius 3 is 2.50 bits per heavy atom. The highest BCUT2D eigenvalue weighted by Gasteiger charge is 2.15. The van der Waals surface area contributed by atoms with Gasteiger partial charge in [0.05, 0.1) is 0 Å². The Labute approximate surface area is 97.5 Å². The van der Waals surface area contributed by atoms with Gasteiger partial charge in [0, 0.05) is 0 Å². The second-order valence-electron chi connectivity index (χ2n) is 4.23. The van der Waals surface area contributed by atoms with E-state index >= 15 is 0 Å². The Bertz CT molecular complexity index is 414. The van der Waals surface area contributed by atoms with Crippen LogP contribution in [0.5, 0.6) is 0 Å². The van der Waals surface area contributed by atoms with E-state index in [0.717, 1.165) is 22.3 Å². The first-order chi connectivity index (χ1) is 7.52. The van der Waals surface area contributed by atoms with Crippen molar-refractivity contribution < 1.29 is 4.39 Å². The van der Waals surface area contributed by atoms with E-state index in [1.807, 2.05) is 6.92 Å². The van der Waals surface area contributed by atoms with Crippen LogP contribution in [0.15, 0.2) is 25.3 Å². The van der Waals surface area contributed by atoms with Gasteiger partial charge in [0.2, 0.25) is 0 Å². The first kappa shape index (κ1) is 12.7. The lowest BCUT2D eigenvalue weighted by Gasteiger charge is -2.17. The molecular weight excluding hydrogens is 199 g/mol. The molecule has 0 saturated carbocycles. The zero-order chi connectivity index (χ0) is 12.3. The van der Waals surface area contributed by atoms with Gasteiger partial charge in [-0.3, -0.25) is 0 Å². The number of hydrogen-bond acceptors (Lipinski definition) is 0. The molecule has 1 rings (SSSR count). The van der Waals surface area contributed by atoms with E-state index in [9.17, 15) is 4.39 Å². The largest absolute Gasteiger partial charge is 0.207 e. The summed E-state index contributed by atoms with van der Waals surface area (Å²) in [4.78, 5) is 0. The molecule has 0 nitrogen and oxygen atoms in total. The molecule has 1 heteroatoms. The maximum Gasteiger partial charge on any atom is 0.127 e. The van der Waals surface area contributed by atoms with Crippen molar-refractivity contribution in [2.24, 2.45) is 5.92 Å². The van der Waals surface area contributed by atoms with Gasteiger partial charge in [-0.25, -0.2) is 4.39 Å². The topological polar surface area (TPSA) is 0 Å². The number of rotatable bonds is 4. The highest BCUT2D eigenvalue weighted by atomic mass is 19.1. The maximum absolute atomic E-state index is 13.7. The molecule has 0 bridgehead atoms. The first-order valence-electron chi connectivity index (χ1n) is 5.65. The number of allylic oxidation sites excluding steroid dienone is 1. The van der Waals surface area contributed by atoms with E-state index in [0.29, 0.717) is 12.3 Å². The van der Waals surface area contributed by atoms with Crippen molar-refractivity contribution in [1.29, 1.82) is 0 Å². The summed E-state index contributed by atoms with van der Waals surface area (Å²) in [6.45, 7) is 13.9. The van der Waals surface area contributed by atoms with Crippen molar-refractivity contribution in [3.8, 4) is 0 Å². The van der Waals surface area contributed by atoms with Crippen LogP contribution in [0.3, 0.4) is 0 Å². The number of hydrogen-bond donors (Lipinski definition) is 0. The third-order valence-electron chi connectivity index (χ3n) is 2.88. The van der Waals surface area contributed by atoms with Crippen LogP contribution in [0.25, 0.3) is 11.6 Å². The van der Waals surface area contributed by atoms with Crippen LogP contribution >= 0.6 is 0 Å². The molecule has 0 aliphatic rings. The van der Waals surface area contributed by atoms with Crippen LogP contribution in [0.4, 0.5) is 4.39 Å². The maximum atomic E-state index is 13.7. The van der Waals surface area contributed by atoms with Crippen LogP contribution in [0, 0.1) is 11.7 Å². The van der Waals surface area contributed by atoms with E-state index in [-0.39, 0.29) is 5.82 Å². The van der Waals surface area contributed by atoms with E-state index in [1.54, 1.807) is 12.1 Å². The Morgan fingerprint density at radius 2 is 2.06 bits per heavy atom. The van der Waals surface area contributed by atoms with Crippen molar-refractivity contribution in [2.75, 3.05) is 0 Å². The molecule has 0 spiro atoms. The Hall–Kier alpha value is -1.37. The quantitative estimate of drug-likeness (QED) is 0.687. The van der Waals surface area contributed by atoms with Crippen LogP contribution in [0.1, 0.15) is 37.5 Å². The van der Waals surface area contributed by atoms with Gasteiger partial charge < -0.3 is 0 Å². The predicted octanol–water partition coefficient (Wildman–Crippen LogP) is 4.70. The monoisotopic (exact) mass is 218 g/mol. The zero-order valence-corrected chi connectivity index (χ0v) is 10.3. The standard InChI is InChI=1S/C15H19F/c1-6-12-8-9-14(16)13(7-2)15(12)11(5)10(3)4/h6,8-10H,1,5,7H2,2-4H3. The van der Waals surface area contributed by atoms with E-state index in [4.69, 9.17) is 0 Å². The van der Waals surface area contributed by atoms with Crippen LogP contribution in [-0.4, -0.2) is 0 Å². The van der Waals surface area contributed by atoms with Crippen molar-refractivity contribution in [3.63, 3.8) is 0 Å². The van der Waals surface area contributed by atoms with E-state index in [1.165, 1.54) is 6.07 Å². The average Bonchev–Trinajstić information content (AvgIpc) is 2.27. The molecule has 1 aromatic carbocycles. The molecule has 0 radical (unpaired) electrons. The molecule has 1 aromatic rings. The molecule has 0 amide bonds. The van der Waals surface area contributed by atoms with E-state index < -0.39 is 0 Å². The molecule has 0 aliphatic carbocycles. The second-order valence-corrected chi connectivity index (χ2v) is 4.23. The molecule has 86 valence electrons. The lowest BCUT2D eigenvalue weighted by molar-refractivity contribution is 0.610. The minimum atomic E-state index is -0.148. The highest BCUT2D eigenvalue weighted by molar-refractivity contribution is 5.76. The Morgan fingerprint density at radius 1 is 1.44 bits per heavy atom. The summed E-state index contributed by atoms with van der Waals surface area (Å²) in [5, 5.41) is 0. The van der Waals surface area contributed by atoms with Crippen LogP contribution in [0.2, 0.25) is 0 Å². The smallest absolute Gasteiger partial charge is 0.127 e. The van der Waals surface area contributed by atoms with Gasteiger partial charge in [-0.05, 0) is 40.7 Å². The molecule has 0 saturated heterocycles. The van der Waals surface area contributed by atoms with Gasteiger partial charge in [-0.15, -0.1) is 0 Å². The highest BCUT2D eigenvalue weighted by Crippen LogP contribution is 2.30. The molecule has 16 heavy (non-hydrogen) atoms. The lowest BCUT2D eigenvalue weighted by Crippen LogP contribution is -2.02. The minimum Gasteiger partial charge on any atom is -0.207 e. The summed E-state index contributed by atoms with van der Waals surface area (Å²) < 4.78 is 13.7. The van der Waals surface area contributed by atoms with Gasteiger partial charge in [0.25, 0.3) is 0 Å². The second kappa shape index (κ2) is 5.11. The molecule has 0 heterocycles. The summed E-state index contributed by atoms with van der Waals surface area (Å²) in [6, 6.07) is 3.28. The average molecular weight is 218 g/mol. The molecular formula is C15H19F. The number of halogens is 1. The van der Waals surface area contributed by atoms with Crippen LogP contribution < -0.4 is 0 Å². The Balaban J connectivity index is 3.48. The zero-order valence-electron chi connectivity index (χ0n) is 10.3. The van der Waals surface area contributed by atoms with Crippen molar-refractivity contribution in [1.82, 2.24) is 0 Å². The summed E-state index contributed by atoms with van der Waals surface area (Å²) in [6.07, 6.45) is 2.44. The molecule has 0 fully saturated rings. The van der Waals surface area contributed by atoms with Crippen LogP contribution in [-0.2, 0) is 6.42 Å². The summed E-state index contributed by atoms with van der Waals surface area (Å²) in [5.74, 6) is 0.163. The normalized spacial score (nSPS) is 10.6. The van der Waals surface area contributed by atoms with Gasteiger partial charge in [0.1, 0.15) is 5.82 Å². The molecule has 0 atom stereocenters. The summed E-state index contributed by atoms with van der Waals surface area (Å²) in [5.41, 5.74) is 3.63. The summed E-state index contributed by atoms with van der Waals surface area (Å²) in [7, 11) is 0. The lowest BCUT2D eigenvalue weighted by atomic mass is 9.88. The van der Waals surface area contributed by atoms with Crippen molar-refractivity contribution in [2.45, 2.75) is 27.2 Å². The first-order valence-corrected chi connectivity index (χ1v) is 5.65. The minimum absolute atomic E-state index is 0.148. The third-order valence-corrected chi connectivity index (χ3v) is 2.88. The molecule has 0 unspecified atom stereocenters. The van der Waals surface area contributed by atoms with Crippen molar-refractivity contribution in [3.05, 3.63) is 47.8 Å². The summed E-state index contributed by atoms with van der Waals surface area (Å²) >= 11 is 0. The fourth-order valence-corrected chi connectivity index (χ4v) is 1.82. The van der Waals surface area contributed by atoms with E-state index in [2.05, 4.69) is 27.0 Å². The fourth-order valence-electron chi connectivity index (χ4n) is 1.82. The molecule has 0 aromatic heterocycles. The third kappa shape index (κ3) is 2.24. The van der Waals surface area contributed by atoms with Gasteiger partial charge in [-0.2, -0.15) is 0 Å². The Kier molecular flexibility index (Phi) is 4.05. The molecule has 0 N–H and O–H groups in total. The number of benzene rings is 1. The van der Waals surface area contributed by atoms with Gasteiger partial charge in [0.15, 0.2) is 0 Å². The SMILES string of the molecule is C=Cc1ccc(F)c(CC)c1C(=C)C(C)C.